The zero-order valence-corrected chi connectivity index (χ0v) is 22.4. The Hall–Kier alpha value is -3.45. The zero-order chi connectivity index (χ0) is 26.3. The van der Waals surface area contributed by atoms with E-state index in [1.807, 2.05) is 0 Å². The van der Waals surface area contributed by atoms with Gasteiger partial charge in [0.25, 0.3) is 0 Å². The Morgan fingerprint density at radius 3 is 2.63 bits per heavy atom. The molecule has 1 atom stereocenters. The van der Waals surface area contributed by atoms with E-state index in [2.05, 4.69) is 82.5 Å². The van der Waals surface area contributed by atoms with Crippen molar-refractivity contribution in [3.8, 4) is 0 Å². The number of anilines is 2. The van der Waals surface area contributed by atoms with Gasteiger partial charge in [-0.25, -0.2) is 14.8 Å². The molecule has 3 heterocycles. The van der Waals surface area contributed by atoms with Gasteiger partial charge in [0.1, 0.15) is 12.1 Å². The number of piperidine rings is 1. The van der Waals surface area contributed by atoms with Crippen LogP contribution in [-0.4, -0.2) is 45.7 Å². The third kappa shape index (κ3) is 4.43. The molecule has 1 amide bonds. The van der Waals surface area contributed by atoms with Gasteiger partial charge in [-0.1, -0.05) is 56.3 Å². The smallest absolute Gasteiger partial charge is 0.404 e. The Bertz CT molecular complexity index is 1320. The first kappa shape index (κ1) is 24.9. The number of aromatic nitrogens is 2. The van der Waals surface area contributed by atoms with Gasteiger partial charge in [-0.3, -0.25) is 4.90 Å². The molecule has 2 aromatic carbocycles. The SMILES string of the molecule is CC(C)C1CCc2ncnc(N3CC4(CCN(Cc5ccccc5)CC4)c4c(CNC(=O)O)cccc43)c21. The maximum atomic E-state index is 11.4. The molecule has 2 aliphatic heterocycles. The maximum Gasteiger partial charge on any atom is 0.404 e. The van der Waals surface area contributed by atoms with Gasteiger partial charge in [0.15, 0.2) is 0 Å². The first-order valence-electron chi connectivity index (χ1n) is 13.9. The molecule has 1 saturated heterocycles. The van der Waals surface area contributed by atoms with Gasteiger partial charge < -0.3 is 15.3 Å². The summed E-state index contributed by atoms with van der Waals surface area (Å²) in [4.78, 5) is 26.0. The van der Waals surface area contributed by atoms with E-state index < -0.39 is 6.09 Å². The van der Waals surface area contributed by atoms with Crippen molar-refractivity contribution < 1.29 is 9.90 Å². The average molecular weight is 512 g/mol. The lowest BCUT2D eigenvalue weighted by Gasteiger charge is -2.40. The van der Waals surface area contributed by atoms with Crippen molar-refractivity contribution in [1.82, 2.24) is 20.2 Å². The number of rotatable bonds is 6. The molecule has 7 nitrogen and oxygen atoms in total. The van der Waals surface area contributed by atoms with E-state index >= 15 is 0 Å². The quantitative estimate of drug-likeness (QED) is 0.447. The topological polar surface area (TPSA) is 81.6 Å². The van der Waals surface area contributed by atoms with E-state index in [1.54, 1.807) is 6.33 Å². The average Bonchev–Trinajstić information content (AvgIpc) is 3.50. The summed E-state index contributed by atoms with van der Waals surface area (Å²) in [6, 6.07) is 17.1. The Balaban J connectivity index is 1.37. The second-order valence-electron chi connectivity index (χ2n) is 11.5. The number of hydrogen-bond donors (Lipinski definition) is 2. The highest BCUT2D eigenvalue weighted by molar-refractivity contribution is 5.75. The Morgan fingerprint density at radius 1 is 1.11 bits per heavy atom. The van der Waals surface area contributed by atoms with Crippen LogP contribution >= 0.6 is 0 Å². The monoisotopic (exact) mass is 511 g/mol. The molecule has 1 spiro atoms. The van der Waals surface area contributed by atoms with E-state index in [0.717, 1.165) is 63.2 Å². The Labute approximate surface area is 224 Å². The summed E-state index contributed by atoms with van der Waals surface area (Å²) in [6.07, 6.45) is 4.96. The largest absolute Gasteiger partial charge is 0.465 e. The molecule has 0 bridgehead atoms. The lowest BCUT2D eigenvalue weighted by Crippen LogP contribution is -2.45. The fourth-order valence-electron chi connectivity index (χ4n) is 7.11. The summed E-state index contributed by atoms with van der Waals surface area (Å²) in [6.45, 7) is 8.78. The predicted octanol–water partition coefficient (Wildman–Crippen LogP) is 5.62. The highest BCUT2D eigenvalue weighted by Gasteiger charge is 2.47. The van der Waals surface area contributed by atoms with Gasteiger partial charge in [0.2, 0.25) is 0 Å². The van der Waals surface area contributed by atoms with Gasteiger partial charge >= 0.3 is 6.09 Å². The van der Waals surface area contributed by atoms with Gasteiger partial charge in [-0.2, -0.15) is 0 Å². The van der Waals surface area contributed by atoms with E-state index in [-0.39, 0.29) is 5.41 Å². The standard InChI is InChI=1S/C31H37N5O2/c1-21(2)24-11-12-25-27(24)29(34-20-33-25)36-19-31(28-23(17-32-30(37)38)9-6-10-26(28)36)13-15-35(16-14-31)18-22-7-4-3-5-8-22/h3-10,20-21,24,32H,11-19H2,1-2H3,(H,37,38). The number of nitrogens with zero attached hydrogens (tertiary/aromatic N) is 4. The molecule has 6 rings (SSSR count). The molecule has 1 fully saturated rings. The summed E-state index contributed by atoms with van der Waals surface area (Å²) in [5, 5.41) is 12.0. The molecule has 0 radical (unpaired) electrons. The Kier molecular flexibility index (Phi) is 6.56. The molecule has 3 aromatic rings. The van der Waals surface area contributed by atoms with Crippen LogP contribution in [0.2, 0.25) is 0 Å². The number of carbonyl (C=O) groups is 1. The number of benzene rings is 2. The van der Waals surface area contributed by atoms with Crippen molar-refractivity contribution in [3.63, 3.8) is 0 Å². The van der Waals surface area contributed by atoms with Crippen molar-refractivity contribution >= 4 is 17.6 Å². The van der Waals surface area contributed by atoms with Crippen LogP contribution in [0.5, 0.6) is 0 Å². The van der Waals surface area contributed by atoms with E-state index in [9.17, 15) is 9.90 Å². The molecule has 1 unspecified atom stereocenters. The van der Waals surface area contributed by atoms with Crippen LogP contribution in [0.4, 0.5) is 16.3 Å². The highest BCUT2D eigenvalue weighted by atomic mass is 16.4. The molecule has 38 heavy (non-hydrogen) atoms. The van der Waals surface area contributed by atoms with E-state index in [4.69, 9.17) is 4.98 Å². The third-order valence-electron chi connectivity index (χ3n) is 8.97. The minimum Gasteiger partial charge on any atom is -0.465 e. The van der Waals surface area contributed by atoms with Crippen LogP contribution in [0.1, 0.15) is 67.0 Å². The maximum absolute atomic E-state index is 11.4. The van der Waals surface area contributed by atoms with Crippen LogP contribution in [0.25, 0.3) is 0 Å². The molecule has 7 heteroatoms. The van der Waals surface area contributed by atoms with Gasteiger partial charge in [-0.15, -0.1) is 0 Å². The number of nitrogens with one attached hydrogen (secondary N) is 1. The normalized spacial score (nSPS) is 20.1. The number of hydrogen-bond acceptors (Lipinski definition) is 5. The van der Waals surface area contributed by atoms with Crippen LogP contribution < -0.4 is 10.2 Å². The fraction of sp³-hybridized carbons (Fsp3) is 0.452. The summed E-state index contributed by atoms with van der Waals surface area (Å²) in [5.41, 5.74) is 7.39. The second-order valence-corrected chi connectivity index (χ2v) is 11.5. The Morgan fingerprint density at radius 2 is 1.89 bits per heavy atom. The number of aryl methyl sites for hydroxylation is 1. The number of likely N-dealkylation sites (tertiary alicyclic amines) is 1. The highest BCUT2D eigenvalue weighted by Crippen LogP contribution is 2.53. The molecule has 0 saturated carbocycles. The number of fused-ring (bicyclic) bond motifs is 3. The minimum atomic E-state index is -0.988. The van der Waals surface area contributed by atoms with Crippen molar-refractivity contribution in [3.05, 3.63) is 82.8 Å². The van der Waals surface area contributed by atoms with Crippen molar-refractivity contribution in [1.29, 1.82) is 0 Å². The zero-order valence-electron chi connectivity index (χ0n) is 22.4. The molecular weight excluding hydrogens is 474 g/mol. The van der Waals surface area contributed by atoms with Gasteiger partial charge in [0.05, 0.1) is 0 Å². The van der Waals surface area contributed by atoms with E-state index in [1.165, 1.54) is 28.1 Å². The van der Waals surface area contributed by atoms with Crippen LogP contribution in [0.3, 0.4) is 0 Å². The minimum absolute atomic E-state index is 0.0386. The summed E-state index contributed by atoms with van der Waals surface area (Å²) in [7, 11) is 0. The molecule has 3 aliphatic rings. The summed E-state index contributed by atoms with van der Waals surface area (Å²) in [5.74, 6) is 2.05. The predicted molar refractivity (Wildman–Crippen MR) is 149 cm³/mol. The number of carboxylic acid groups (broad SMARTS) is 1. The lowest BCUT2D eigenvalue weighted by molar-refractivity contribution is 0.160. The van der Waals surface area contributed by atoms with Gasteiger partial charge in [0, 0.05) is 42.0 Å². The van der Waals surface area contributed by atoms with Crippen LogP contribution in [0, 0.1) is 5.92 Å². The van der Waals surface area contributed by atoms with Gasteiger partial charge in [-0.05, 0) is 73.4 Å². The van der Waals surface area contributed by atoms with E-state index in [0.29, 0.717) is 18.4 Å². The summed E-state index contributed by atoms with van der Waals surface area (Å²) >= 11 is 0. The fourth-order valence-corrected chi connectivity index (χ4v) is 7.11. The molecule has 198 valence electrons. The summed E-state index contributed by atoms with van der Waals surface area (Å²) < 4.78 is 0. The third-order valence-corrected chi connectivity index (χ3v) is 8.97. The second kappa shape index (κ2) is 10.0. The van der Waals surface area contributed by atoms with Crippen molar-refractivity contribution in [2.75, 3.05) is 24.5 Å². The molecule has 1 aliphatic carbocycles. The number of amides is 1. The molecular formula is C31H37N5O2. The molecule has 1 aromatic heterocycles. The lowest BCUT2D eigenvalue weighted by atomic mass is 9.72. The van der Waals surface area contributed by atoms with Crippen LogP contribution in [0.15, 0.2) is 54.9 Å². The van der Waals surface area contributed by atoms with Crippen LogP contribution in [-0.2, 0) is 24.9 Å². The first-order valence-corrected chi connectivity index (χ1v) is 13.9. The van der Waals surface area contributed by atoms with Crippen molar-refractivity contribution in [2.45, 2.75) is 64.0 Å². The first-order chi connectivity index (χ1) is 18.4. The molecule has 2 N–H and O–H groups in total. The van der Waals surface area contributed by atoms with Crippen molar-refractivity contribution in [2.24, 2.45) is 5.92 Å².